The van der Waals surface area contributed by atoms with Gasteiger partial charge >= 0.3 is 0 Å². The fourth-order valence-corrected chi connectivity index (χ4v) is 3.14. The Balaban J connectivity index is 2.33. The molecule has 0 saturated carbocycles. The van der Waals surface area contributed by atoms with Gasteiger partial charge in [0.1, 0.15) is 5.82 Å². The van der Waals surface area contributed by atoms with Crippen molar-refractivity contribution in [2.75, 3.05) is 18.0 Å². The Bertz CT molecular complexity index is 456. The number of halogens is 1. The molecule has 0 spiro atoms. The summed E-state index contributed by atoms with van der Waals surface area (Å²) in [6, 6.07) is 5.40. The van der Waals surface area contributed by atoms with E-state index in [0.717, 1.165) is 25.1 Å². The van der Waals surface area contributed by atoms with Crippen LogP contribution in [0.25, 0.3) is 0 Å². The van der Waals surface area contributed by atoms with E-state index in [4.69, 9.17) is 0 Å². The van der Waals surface area contributed by atoms with Crippen LogP contribution in [-0.2, 0) is 0 Å². The number of benzene rings is 1. The molecular weight excluding hydrogens is 251 g/mol. The number of nitrogens with one attached hydrogen (secondary N) is 1. The number of anilines is 1. The Labute approximate surface area is 122 Å². The molecule has 112 valence electrons. The largest absolute Gasteiger partial charge is 0.366 e. The zero-order chi connectivity index (χ0) is 14.8. The van der Waals surface area contributed by atoms with Gasteiger partial charge in [-0.15, -0.1) is 0 Å². The van der Waals surface area contributed by atoms with Gasteiger partial charge in [-0.3, -0.25) is 0 Å². The van der Waals surface area contributed by atoms with Crippen molar-refractivity contribution in [1.29, 1.82) is 0 Å². The van der Waals surface area contributed by atoms with E-state index in [1.54, 1.807) is 12.1 Å². The number of hydrogen-bond acceptors (Lipinski definition) is 2. The second-order valence-corrected chi connectivity index (χ2v) is 6.45. The molecule has 1 unspecified atom stereocenters. The minimum absolute atomic E-state index is 0.147. The molecule has 0 amide bonds. The molecule has 1 aliphatic heterocycles. The van der Waals surface area contributed by atoms with E-state index in [2.05, 4.69) is 37.9 Å². The molecule has 0 bridgehead atoms. The van der Waals surface area contributed by atoms with E-state index < -0.39 is 0 Å². The topological polar surface area (TPSA) is 15.3 Å². The highest BCUT2D eigenvalue weighted by atomic mass is 19.1. The van der Waals surface area contributed by atoms with Crippen LogP contribution in [0.15, 0.2) is 18.2 Å². The van der Waals surface area contributed by atoms with Crippen LogP contribution >= 0.6 is 0 Å². The molecule has 1 saturated heterocycles. The minimum Gasteiger partial charge on any atom is -0.366 e. The Morgan fingerprint density at radius 2 is 2.15 bits per heavy atom. The normalized spacial score (nSPS) is 19.4. The van der Waals surface area contributed by atoms with Gasteiger partial charge in [-0.2, -0.15) is 0 Å². The zero-order valence-electron chi connectivity index (χ0n) is 13.2. The molecule has 20 heavy (non-hydrogen) atoms. The lowest BCUT2D eigenvalue weighted by Crippen LogP contribution is -2.39. The molecule has 1 aromatic rings. The first kappa shape index (κ1) is 15.3. The molecule has 0 aromatic heterocycles. The van der Waals surface area contributed by atoms with Gasteiger partial charge in [0.25, 0.3) is 0 Å². The molecule has 1 N–H and O–H groups in total. The van der Waals surface area contributed by atoms with Gasteiger partial charge in [-0.1, -0.05) is 6.92 Å². The van der Waals surface area contributed by atoms with Crippen molar-refractivity contribution in [1.82, 2.24) is 5.32 Å². The summed E-state index contributed by atoms with van der Waals surface area (Å²) in [6.07, 6.45) is 3.49. The minimum atomic E-state index is -0.147. The molecule has 3 heteroatoms. The summed E-state index contributed by atoms with van der Waals surface area (Å²) in [6.45, 7) is 10.8. The first-order chi connectivity index (χ1) is 9.45. The summed E-state index contributed by atoms with van der Waals surface area (Å²) in [5.74, 6) is -0.147. The van der Waals surface area contributed by atoms with Crippen molar-refractivity contribution in [2.24, 2.45) is 0 Å². The smallest absolute Gasteiger partial charge is 0.123 e. The molecule has 1 atom stereocenters. The first-order valence-corrected chi connectivity index (χ1v) is 7.76. The van der Waals surface area contributed by atoms with Crippen LogP contribution in [0.1, 0.15) is 58.6 Å². The second-order valence-electron chi connectivity index (χ2n) is 6.45. The highest BCUT2D eigenvalue weighted by Gasteiger charge is 2.33. The fourth-order valence-electron chi connectivity index (χ4n) is 3.14. The third-order valence-electron chi connectivity index (χ3n) is 4.35. The summed E-state index contributed by atoms with van der Waals surface area (Å²) < 4.78 is 13.7. The van der Waals surface area contributed by atoms with Gasteiger partial charge < -0.3 is 10.2 Å². The van der Waals surface area contributed by atoms with Crippen molar-refractivity contribution in [3.8, 4) is 0 Å². The highest BCUT2D eigenvalue weighted by Crippen LogP contribution is 2.37. The van der Waals surface area contributed by atoms with Crippen LogP contribution in [0.2, 0.25) is 0 Å². The number of hydrogen-bond donors (Lipinski definition) is 1. The van der Waals surface area contributed by atoms with Gasteiger partial charge in [-0.25, -0.2) is 4.39 Å². The average Bonchev–Trinajstić information content (AvgIpc) is 2.75. The maximum atomic E-state index is 13.7. The van der Waals surface area contributed by atoms with Gasteiger partial charge in [-0.05, 0) is 70.3 Å². The monoisotopic (exact) mass is 278 g/mol. The van der Waals surface area contributed by atoms with Crippen molar-refractivity contribution in [2.45, 2.75) is 58.5 Å². The Morgan fingerprint density at radius 3 is 2.75 bits per heavy atom. The van der Waals surface area contributed by atoms with Gasteiger partial charge in [0.15, 0.2) is 0 Å². The third kappa shape index (κ3) is 3.14. The van der Waals surface area contributed by atoms with Crippen molar-refractivity contribution in [3.05, 3.63) is 29.6 Å². The molecular formula is C17H27FN2. The lowest BCUT2D eigenvalue weighted by Gasteiger charge is -2.36. The van der Waals surface area contributed by atoms with E-state index >= 15 is 0 Å². The molecule has 1 aliphatic rings. The SMILES string of the molecule is CCCNC(C)c1cc(F)ccc1N1CCCC1(C)C. The zero-order valence-corrected chi connectivity index (χ0v) is 13.2. The molecule has 1 aromatic carbocycles. The van der Waals surface area contributed by atoms with Crippen LogP contribution in [0, 0.1) is 5.82 Å². The summed E-state index contributed by atoms with van der Waals surface area (Å²) >= 11 is 0. The molecule has 1 heterocycles. The second kappa shape index (κ2) is 6.13. The summed E-state index contributed by atoms with van der Waals surface area (Å²) in [7, 11) is 0. The molecule has 0 radical (unpaired) electrons. The Hall–Kier alpha value is -1.09. The van der Waals surface area contributed by atoms with E-state index in [-0.39, 0.29) is 17.4 Å². The van der Waals surface area contributed by atoms with Crippen molar-refractivity contribution >= 4 is 5.69 Å². The Kier molecular flexibility index (Phi) is 4.69. The summed E-state index contributed by atoms with van der Waals surface area (Å²) in [5.41, 5.74) is 2.43. The van der Waals surface area contributed by atoms with Gasteiger partial charge in [0.05, 0.1) is 0 Å². The lowest BCUT2D eigenvalue weighted by atomic mass is 9.98. The lowest BCUT2D eigenvalue weighted by molar-refractivity contribution is 0.509. The van der Waals surface area contributed by atoms with Crippen LogP contribution in [0.5, 0.6) is 0 Å². The fraction of sp³-hybridized carbons (Fsp3) is 0.647. The van der Waals surface area contributed by atoms with E-state index in [1.807, 2.05) is 6.07 Å². The predicted octanol–water partition coefficient (Wildman–Crippen LogP) is 4.27. The Morgan fingerprint density at radius 1 is 1.40 bits per heavy atom. The van der Waals surface area contributed by atoms with E-state index in [1.165, 1.54) is 18.5 Å². The van der Waals surface area contributed by atoms with Crippen LogP contribution in [-0.4, -0.2) is 18.6 Å². The molecule has 0 aliphatic carbocycles. The van der Waals surface area contributed by atoms with Crippen LogP contribution in [0.3, 0.4) is 0 Å². The van der Waals surface area contributed by atoms with E-state index in [0.29, 0.717) is 0 Å². The van der Waals surface area contributed by atoms with Crippen LogP contribution < -0.4 is 10.2 Å². The average molecular weight is 278 g/mol. The standard InChI is InChI=1S/C17H27FN2/c1-5-10-19-13(2)15-12-14(18)7-8-16(15)20-11-6-9-17(20,3)4/h7-8,12-13,19H,5-6,9-11H2,1-4H3. The molecule has 2 rings (SSSR count). The van der Waals surface area contributed by atoms with E-state index in [9.17, 15) is 4.39 Å². The number of rotatable bonds is 5. The van der Waals surface area contributed by atoms with Crippen LogP contribution in [0.4, 0.5) is 10.1 Å². The molecule has 2 nitrogen and oxygen atoms in total. The number of nitrogens with zero attached hydrogens (tertiary/aromatic N) is 1. The third-order valence-corrected chi connectivity index (χ3v) is 4.35. The highest BCUT2D eigenvalue weighted by molar-refractivity contribution is 5.57. The quantitative estimate of drug-likeness (QED) is 0.865. The summed E-state index contributed by atoms with van der Waals surface area (Å²) in [5, 5.41) is 3.47. The first-order valence-electron chi connectivity index (χ1n) is 7.76. The maximum absolute atomic E-state index is 13.7. The maximum Gasteiger partial charge on any atom is 0.123 e. The molecule has 1 fully saturated rings. The van der Waals surface area contributed by atoms with Crippen molar-refractivity contribution in [3.63, 3.8) is 0 Å². The summed E-state index contributed by atoms with van der Waals surface area (Å²) in [4.78, 5) is 2.44. The predicted molar refractivity (Wildman–Crippen MR) is 83.8 cm³/mol. The van der Waals surface area contributed by atoms with Gasteiger partial charge in [0, 0.05) is 23.8 Å². The van der Waals surface area contributed by atoms with Gasteiger partial charge in [0.2, 0.25) is 0 Å². The van der Waals surface area contributed by atoms with Crippen molar-refractivity contribution < 1.29 is 4.39 Å².